The van der Waals surface area contributed by atoms with E-state index >= 15 is 0 Å². The highest BCUT2D eigenvalue weighted by Gasteiger charge is 2.14. The predicted molar refractivity (Wildman–Crippen MR) is 135 cm³/mol. The second-order valence-corrected chi connectivity index (χ2v) is 8.93. The molecule has 0 saturated carbocycles. The quantitative estimate of drug-likeness (QED) is 0.530. The molecule has 0 spiro atoms. The zero-order valence-corrected chi connectivity index (χ0v) is 19.9. The number of fused-ring (bicyclic) bond motifs is 1. The van der Waals surface area contributed by atoms with E-state index in [9.17, 15) is 4.79 Å². The van der Waals surface area contributed by atoms with Gasteiger partial charge in [-0.2, -0.15) is 0 Å². The Labute approximate surface area is 190 Å². The fourth-order valence-electron chi connectivity index (χ4n) is 3.71. The van der Waals surface area contributed by atoms with E-state index in [2.05, 4.69) is 66.2 Å². The van der Waals surface area contributed by atoms with E-state index in [1.807, 2.05) is 31.2 Å². The molecule has 0 radical (unpaired) electrons. The van der Waals surface area contributed by atoms with Crippen LogP contribution in [0.2, 0.25) is 0 Å². The number of nitrogens with zero attached hydrogens (tertiary/aromatic N) is 2. The molecule has 0 atom stereocenters. The van der Waals surface area contributed by atoms with Gasteiger partial charge in [-0.1, -0.05) is 23.8 Å². The lowest BCUT2D eigenvalue weighted by atomic mass is 10.0. The summed E-state index contributed by atoms with van der Waals surface area (Å²) in [4.78, 5) is 20.1. The summed E-state index contributed by atoms with van der Waals surface area (Å²) in [6.07, 6.45) is 0.951. The molecule has 2 N–H and O–H groups in total. The highest BCUT2D eigenvalue weighted by molar-refractivity contribution is 7.80. The number of nitrogens with one attached hydrogen (secondary N) is 2. The highest BCUT2D eigenvalue weighted by atomic mass is 32.1. The van der Waals surface area contributed by atoms with Crippen molar-refractivity contribution in [1.29, 1.82) is 0 Å². The van der Waals surface area contributed by atoms with Crippen molar-refractivity contribution >= 4 is 33.9 Å². The number of aryl methyl sites for hydroxylation is 3. The predicted octanol–water partition coefficient (Wildman–Crippen LogP) is 4.60. The normalized spacial score (nSPS) is 11.2. The van der Waals surface area contributed by atoms with Crippen LogP contribution in [0, 0.1) is 20.8 Å². The summed E-state index contributed by atoms with van der Waals surface area (Å²) < 4.78 is 0. The number of hydrogen-bond donors (Lipinski definition) is 2. The molecule has 0 aliphatic rings. The van der Waals surface area contributed by atoms with Crippen molar-refractivity contribution in [3.8, 4) is 0 Å². The first-order chi connectivity index (χ1) is 14.7. The molecule has 6 heteroatoms. The molecule has 164 valence electrons. The van der Waals surface area contributed by atoms with Crippen LogP contribution in [-0.4, -0.2) is 47.1 Å². The highest BCUT2D eigenvalue weighted by Crippen LogP contribution is 2.19. The zero-order chi connectivity index (χ0) is 22.5. The number of aromatic nitrogens is 1. The maximum atomic E-state index is 12.8. The summed E-state index contributed by atoms with van der Waals surface area (Å²) in [5, 5.41) is 5.04. The number of benzene rings is 2. The Bertz CT molecular complexity index is 1120. The molecule has 3 aromatic rings. The lowest BCUT2D eigenvalue weighted by molar-refractivity contribution is 0.346. The Morgan fingerprint density at radius 1 is 1.00 bits per heavy atom. The smallest absolute Gasteiger partial charge is 0.253 e. The Kier molecular flexibility index (Phi) is 7.46. The minimum Gasteiger partial charge on any atom is -0.344 e. The Morgan fingerprint density at radius 2 is 1.71 bits per heavy atom. The van der Waals surface area contributed by atoms with Gasteiger partial charge in [0.15, 0.2) is 5.11 Å². The van der Waals surface area contributed by atoms with Crippen LogP contribution in [-0.2, 0) is 6.54 Å². The molecule has 0 aliphatic heterocycles. The Hall–Kier alpha value is -2.70. The molecule has 0 bridgehead atoms. The fraction of sp³-hybridized carbons (Fsp3) is 0.360. The van der Waals surface area contributed by atoms with Crippen molar-refractivity contribution in [2.75, 3.05) is 32.5 Å². The standard InChI is InChI=1S/C25H32N4OS/c1-17-7-9-21(10-8-17)26-25(31)29(12-6-11-28(4)5)16-20-15-22-19(3)13-18(2)14-23(22)27-24(20)30/h7-10,13-15H,6,11-12,16H2,1-5H3,(H,26,31)(H,27,30). The van der Waals surface area contributed by atoms with Gasteiger partial charge >= 0.3 is 0 Å². The molecule has 1 heterocycles. The molecule has 2 aromatic carbocycles. The number of thiocarbonyl (C=S) groups is 1. The molecular formula is C25H32N4OS. The van der Waals surface area contributed by atoms with E-state index in [1.54, 1.807) is 0 Å². The van der Waals surface area contributed by atoms with E-state index in [-0.39, 0.29) is 5.56 Å². The van der Waals surface area contributed by atoms with E-state index in [4.69, 9.17) is 12.2 Å². The van der Waals surface area contributed by atoms with E-state index in [0.717, 1.165) is 52.8 Å². The average Bonchev–Trinajstić information content (AvgIpc) is 2.69. The largest absolute Gasteiger partial charge is 0.344 e. The molecule has 31 heavy (non-hydrogen) atoms. The summed E-state index contributed by atoms with van der Waals surface area (Å²) in [6.45, 7) is 8.36. The van der Waals surface area contributed by atoms with Crippen LogP contribution in [0.25, 0.3) is 10.9 Å². The van der Waals surface area contributed by atoms with Crippen LogP contribution < -0.4 is 10.9 Å². The van der Waals surface area contributed by atoms with E-state index in [0.29, 0.717) is 11.7 Å². The summed E-state index contributed by atoms with van der Waals surface area (Å²) in [5.41, 5.74) is 5.99. The summed E-state index contributed by atoms with van der Waals surface area (Å²) >= 11 is 5.74. The van der Waals surface area contributed by atoms with Gasteiger partial charge in [-0.25, -0.2) is 0 Å². The fourth-order valence-corrected chi connectivity index (χ4v) is 3.98. The Balaban J connectivity index is 1.86. The third-order valence-electron chi connectivity index (χ3n) is 5.37. The number of H-pyrrole nitrogens is 1. The van der Waals surface area contributed by atoms with E-state index < -0.39 is 0 Å². The number of hydrogen-bond acceptors (Lipinski definition) is 3. The molecule has 0 unspecified atom stereocenters. The van der Waals surface area contributed by atoms with Crippen molar-refractivity contribution in [2.24, 2.45) is 0 Å². The lowest BCUT2D eigenvalue weighted by Crippen LogP contribution is -2.37. The summed E-state index contributed by atoms with van der Waals surface area (Å²) in [7, 11) is 4.12. The number of rotatable bonds is 7. The van der Waals surface area contributed by atoms with Gasteiger partial charge < -0.3 is 20.1 Å². The van der Waals surface area contributed by atoms with Crippen LogP contribution in [0.1, 0.15) is 28.7 Å². The third-order valence-corrected chi connectivity index (χ3v) is 5.73. The number of pyridine rings is 1. The Morgan fingerprint density at radius 3 is 2.39 bits per heavy atom. The number of anilines is 1. The topological polar surface area (TPSA) is 51.4 Å². The minimum absolute atomic E-state index is 0.0618. The maximum absolute atomic E-state index is 12.8. The molecule has 5 nitrogen and oxygen atoms in total. The molecule has 0 saturated heterocycles. The van der Waals surface area contributed by atoms with Gasteiger partial charge in [0.25, 0.3) is 5.56 Å². The van der Waals surface area contributed by atoms with Gasteiger partial charge in [0.1, 0.15) is 0 Å². The van der Waals surface area contributed by atoms with Gasteiger partial charge in [-0.05, 0) is 95.4 Å². The molecule has 0 aliphatic carbocycles. The van der Waals surface area contributed by atoms with Crippen molar-refractivity contribution in [2.45, 2.75) is 33.7 Å². The first-order valence-electron chi connectivity index (χ1n) is 10.6. The minimum atomic E-state index is -0.0618. The third kappa shape index (κ3) is 6.15. The molecule has 0 amide bonds. The summed E-state index contributed by atoms with van der Waals surface area (Å²) in [5.74, 6) is 0. The van der Waals surface area contributed by atoms with E-state index in [1.165, 1.54) is 5.56 Å². The monoisotopic (exact) mass is 436 g/mol. The molecule has 3 rings (SSSR count). The second-order valence-electron chi connectivity index (χ2n) is 8.54. The van der Waals surface area contributed by atoms with Crippen molar-refractivity contribution < 1.29 is 0 Å². The van der Waals surface area contributed by atoms with Crippen molar-refractivity contribution in [1.82, 2.24) is 14.8 Å². The average molecular weight is 437 g/mol. The van der Waals surface area contributed by atoms with Gasteiger partial charge in [0.2, 0.25) is 0 Å². The SMILES string of the molecule is Cc1ccc(NC(=S)N(CCCN(C)C)Cc2cc3c(C)cc(C)cc3[nH]c2=O)cc1. The van der Waals surface area contributed by atoms with Gasteiger partial charge in [0, 0.05) is 28.7 Å². The van der Waals surface area contributed by atoms with Crippen LogP contribution in [0.15, 0.2) is 47.3 Å². The molecular weight excluding hydrogens is 404 g/mol. The molecule has 0 fully saturated rings. The zero-order valence-electron chi connectivity index (χ0n) is 19.1. The second kappa shape index (κ2) is 10.1. The van der Waals surface area contributed by atoms with Crippen LogP contribution in [0.4, 0.5) is 5.69 Å². The van der Waals surface area contributed by atoms with Gasteiger partial charge in [-0.3, -0.25) is 4.79 Å². The van der Waals surface area contributed by atoms with Gasteiger partial charge in [0.05, 0.1) is 6.54 Å². The van der Waals surface area contributed by atoms with Crippen LogP contribution >= 0.6 is 12.2 Å². The first-order valence-corrected chi connectivity index (χ1v) is 11.0. The van der Waals surface area contributed by atoms with Crippen LogP contribution in [0.3, 0.4) is 0 Å². The van der Waals surface area contributed by atoms with Gasteiger partial charge in [-0.15, -0.1) is 0 Å². The summed E-state index contributed by atoms with van der Waals surface area (Å²) in [6, 6.07) is 14.3. The lowest BCUT2D eigenvalue weighted by Gasteiger charge is -2.26. The maximum Gasteiger partial charge on any atom is 0.253 e. The number of aromatic amines is 1. The van der Waals surface area contributed by atoms with Crippen molar-refractivity contribution in [3.63, 3.8) is 0 Å². The molecule has 1 aromatic heterocycles. The first kappa shape index (κ1) is 23.0. The van der Waals surface area contributed by atoms with Crippen LogP contribution in [0.5, 0.6) is 0 Å². The van der Waals surface area contributed by atoms with Crippen molar-refractivity contribution in [3.05, 3.63) is 75.1 Å².